The van der Waals surface area contributed by atoms with E-state index in [-0.39, 0.29) is 6.04 Å². The fourth-order valence-corrected chi connectivity index (χ4v) is 1.37. The van der Waals surface area contributed by atoms with Gasteiger partial charge in [0, 0.05) is 6.04 Å². The number of halogens is 2. The van der Waals surface area contributed by atoms with Gasteiger partial charge in [-0.15, -0.1) is 6.58 Å². The number of nitrogens with two attached hydrogens (primary N) is 1. The van der Waals surface area contributed by atoms with Crippen LogP contribution in [0, 0.1) is 0 Å². The molecule has 0 aliphatic heterocycles. The predicted molar refractivity (Wildman–Crippen MR) is 58.2 cm³/mol. The highest BCUT2D eigenvalue weighted by molar-refractivity contribution is 6.42. The molecule has 0 aliphatic rings. The fourth-order valence-electron chi connectivity index (χ4n) is 1.06. The molecule has 0 radical (unpaired) electrons. The lowest BCUT2D eigenvalue weighted by Gasteiger charge is -2.09. The molecule has 3 heteroatoms. The van der Waals surface area contributed by atoms with Gasteiger partial charge < -0.3 is 5.73 Å². The van der Waals surface area contributed by atoms with Gasteiger partial charge in [0.05, 0.1) is 10.0 Å². The minimum atomic E-state index is -0.0488. The Kier molecular flexibility index (Phi) is 3.79. The van der Waals surface area contributed by atoms with Crippen molar-refractivity contribution in [1.29, 1.82) is 0 Å². The van der Waals surface area contributed by atoms with Crippen LogP contribution in [-0.4, -0.2) is 0 Å². The highest BCUT2D eigenvalue weighted by Gasteiger charge is 2.05. The van der Waals surface area contributed by atoms with Crippen LogP contribution in [0.2, 0.25) is 10.0 Å². The number of hydrogen-bond donors (Lipinski definition) is 1. The summed E-state index contributed by atoms with van der Waals surface area (Å²) in [5, 5.41) is 1.09. The third-order valence-corrected chi connectivity index (χ3v) is 2.53. The molecular formula is C10H11Cl2N. The minimum absolute atomic E-state index is 0.0488. The maximum absolute atomic E-state index is 5.85. The fraction of sp³-hybridized carbons (Fsp3) is 0.200. The van der Waals surface area contributed by atoms with E-state index in [2.05, 4.69) is 6.58 Å². The molecular weight excluding hydrogens is 205 g/mol. The summed E-state index contributed by atoms with van der Waals surface area (Å²) >= 11 is 11.6. The Bertz CT molecular complexity index is 310. The first-order valence-corrected chi connectivity index (χ1v) is 4.72. The molecule has 0 aliphatic carbocycles. The molecule has 1 aromatic rings. The Morgan fingerprint density at radius 1 is 1.38 bits per heavy atom. The first-order valence-electron chi connectivity index (χ1n) is 3.96. The van der Waals surface area contributed by atoms with Crippen LogP contribution >= 0.6 is 23.2 Å². The van der Waals surface area contributed by atoms with Crippen LogP contribution in [0.3, 0.4) is 0 Å². The van der Waals surface area contributed by atoms with E-state index in [9.17, 15) is 0 Å². The van der Waals surface area contributed by atoms with E-state index in [1.54, 1.807) is 18.2 Å². The second-order valence-corrected chi connectivity index (χ2v) is 3.62. The first-order chi connectivity index (χ1) is 6.15. The van der Waals surface area contributed by atoms with Crippen molar-refractivity contribution in [3.63, 3.8) is 0 Å². The van der Waals surface area contributed by atoms with E-state index in [0.29, 0.717) is 10.0 Å². The van der Waals surface area contributed by atoms with Gasteiger partial charge in [0.15, 0.2) is 0 Å². The van der Waals surface area contributed by atoms with Crippen molar-refractivity contribution < 1.29 is 0 Å². The van der Waals surface area contributed by atoms with Gasteiger partial charge in [-0.3, -0.25) is 0 Å². The highest BCUT2D eigenvalue weighted by Crippen LogP contribution is 2.25. The Hall–Kier alpha value is -0.500. The Labute approximate surface area is 88.1 Å². The van der Waals surface area contributed by atoms with E-state index in [1.165, 1.54) is 0 Å². The lowest BCUT2D eigenvalue weighted by molar-refractivity contribution is 0.742. The zero-order valence-electron chi connectivity index (χ0n) is 7.13. The Morgan fingerprint density at radius 2 is 2.08 bits per heavy atom. The summed E-state index contributed by atoms with van der Waals surface area (Å²) in [4.78, 5) is 0. The summed E-state index contributed by atoms with van der Waals surface area (Å²) in [5.74, 6) is 0. The lowest BCUT2D eigenvalue weighted by Crippen LogP contribution is -2.08. The quantitative estimate of drug-likeness (QED) is 0.768. The van der Waals surface area contributed by atoms with Crippen molar-refractivity contribution >= 4 is 23.2 Å². The average Bonchev–Trinajstić information content (AvgIpc) is 2.10. The summed E-state index contributed by atoms with van der Waals surface area (Å²) in [6.45, 7) is 3.63. The molecule has 0 amide bonds. The van der Waals surface area contributed by atoms with E-state index in [4.69, 9.17) is 28.9 Å². The number of hydrogen-bond acceptors (Lipinski definition) is 1. The highest BCUT2D eigenvalue weighted by atomic mass is 35.5. The van der Waals surface area contributed by atoms with Gasteiger partial charge >= 0.3 is 0 Å². The van der Waals surface area contributed by atoms with Crippen LogP contribution in [0.5, 0.6) is 0 Å². The van der Waals surface area contributed by atoms with Crippen molar-refractivity contribution in [3.05, 3.63) is 46.5 Å². The lowest BCUT2D eigenvalue weighted by atomic mass is 10.1. The standard InChI is InChI=1S/C10H11Cl2N/c1-2-3-10(13)7-4-5-8(11)9(12)6-7/h2,4-6,10H,1,3,13H2/t10-/m0/s1. The van der Waals surface area contributed by atoms with E-state index in [1.807, 2.05) is 6.07 Å². The molecule has 0 fully saturated rings. The van der Waals surface area contributed by atoms with Crippen molar-refractivity contribution in [2.45, 2.75) is 12.5 Å². The van der Waals surface area contributed by atoms with E-state index >= 15 is 0 Å². The second kappa shape index (κ2) is 4.66. The molecule has 70 valence electrons. The van der Waals surface area contributed by atoms with Crippen LogP contribution in [0.25, 0.3) is 0 Å². The third kappa shape index (κ3) is 2.73. The van der Waals surface area contributed by atoms with Crippen LogP contribution in [0.15, 0.2) is 30.9 Å². The normalized spacial score (nSPS) is 12.5. The smallest absolute Gasteiger partial charge is 0.0595 e. The molecule has 1 nitrogen and oxygen atoms in total. The molecule has 0 bridgehead atoms. The van der Waals surface area contributed by atoms with Crippen molar-refractivity contribution in [3.8, 4) is 0 Å². The molecule has 0 saturated heterocycles. The van der Waals surface area contributed by atoms with Crippen LogP contribution in [0.1, 0.15) is 18.0 Å². The minimum Gasteiger partial charge on any atom is -0.324 e. The average molecular weight is 216 g/mol. The van der Waals surface area contributed by atoms with Gasteiger partial charge in [-0.25, -0.2) is 0 Å². The van der Waals surface area contributed by atoms with Gasteiger partial charge in [0.2, 0.25) is 0 Å². The molecule has 0 unspecified atom stereocenters. The summed E-state index contributed by atoms with van der Waals surface area (Å²) in [5.41, 5.74) is 6.83. The SMILES string of the molecule is C=CC[C@H](N)c1ccc(Cl)c(Cl)c1. The van der Waals surface area contributed by atoms with E-state index < -0.39 is 0 Å². The summed E-state index contributed by atoms with van der Waals surface area (Å²) in [7, 11) is 0. The van der Waals surface area contributed by atoms with Crippen molar-refractivity contribution in [2.75, 3.05) is 0 Å². The van der Waals surface area contributed by atoms with Gasteiger partial charge in [-0.1, -0.05) is 35.3 Å². The van der Waals surface area contributed by atoms with E-state index in [0.717, 1.165) is 12.0 Å². The Balaban J connectivity index is 2.89. The second-order valence-electron chi connectivity index (χ2n) is 2.80. The molecule has 0 heterocycles. The molecule has 1 aromatic carbocycles. The van der Waals surface area contributed by atoms with Crippen LogP contribution in [-0.2, 0) is 0 Å². The molecule has 1 rings (SSSR count). The molecule has 0 aromatic heterocycles. The summed E-state index contributed by atoms with van der Waals surface area (Å²) in [6, 6.07) is 5.37. The maximum atomic E-state index is 5.85. The van der Waals surface area contributed by atoms with Gasteiger partial charge in [0.25, 0.3) is 0 Å². The summed E-state index contributed by atoms with van der Waals surface area (Å²) in [6.07, 6.45) is 2.52. The van der Waals surface area contributed by atoms with Crippen LogP contribution < -0.4 is 5.73 Å². The Morgan fingerprint density at radius 3 is 2.62 bits per heavy atom. The summed E-state index contributed by atoms with van der Waals surface area (Å²) < 4.78 is 0. The van der Waals surface area contributed by atoms with Gasteiger partial charge in [-0.2, -0.15) is 0 Å². The van der Waals surface area contributed by atoms with Crippen molar-refractivity contribution in [2.24, 2.45) is 5.73 Å². The maximum Gasteiger partial charge on any atom is 0.0595 e. The topological polar surface area (TPSA) is 26.0 Å². The zero-order chi connectivity index (χ0) is 9.84. The molecule has 13 heavy (non-hydrogen) atoms. The monoisotopic (exact) mass is 215 g/mol. The molecule has 0 saturated carbocycles. The predicted octanol–water partition coefficient (Wildman–Crippen LogP) is 3.57. The number of benzene rings is 1. The van der Waals surface area contributed by atoms with Gasteiger partial charge in [-0.05, 0) is 24.1 Å². The molecule has 1 atom stereocenters. The van der Waals surface area contributed by atoms with Crippen molar-refractivity contribution in [1.82, 2.24) is 0 Å². The van der Waals surface area contributed by atoms with Crippen LogP contribution in [0.4, 0.5) is 0 Å². The zero-order valence-corrected chi connectivity index (χ0v) is 8.65. The number of rotatable bonds is 3. The van der Waals surface area contributed by atoms with Gasteiger partial charge in [0.1, 0.15) is 0 Å². The third-order valence-electron chi connectivity index (χ3n) is 1.79. The first kappa shape index (κ1) is 10.6. The molecule has 0 spiro atoms. The molecule has 2 N–H and O–H groups in total. The largest absolute Gasteiger partial charge is 0.324 e.